The average molecular weight is 311 g/mol. The molecule has 1 aromatic rings. The molecule has 0 aromatic heterocycles. The lowest BCUT2D eigenvalue weighted by molar-refractivity contribution is 0.149. The molecule has 0 radical (unpaired) electrons. The Kier molecular flexibility index (Phi) is 4.93. The third kappa shape index (κ3) is 3.62. The van der Waals surface area contributed by atoms with Crippen LogP contribution in [0.25, 0.3) is 0 Å². The Balaban J connectivity index is 2.07. The summed E-state index contributed by atoms with van der Waals surface area (Å²) in [6, 6.07) is 6.63. The zero-order chi connectivity index (χ0) is 13.0. The first-order chi connectivity index (χ1) is 8.63. The lowest BCUT2D eigenvalue weighted by Crippen LogP contribution is -2.09. The van der Waals surface area contributed by atoms with E-state index in [1.165, 1.54) is 0 Å². The van der Waals surface area contributed by atoms with Gasteiger partial charge in [0.1, 0.15) is 5.75 Å². The van der Waals surface area contributed by atoms with E-state index in [0.717, 1.165) is 25.7 Å². The second-order valence-corrected chi connectivity index (χ2v) is 6.30. The van der Waals surface area contributed by atoms with Gasteiger partial charge in [-0.2, -0.15) is 4.08 Å². The summed E-state index contributed by atoms with van der Waals surface area (Å²) >= 11 is 11.1. The molecule has 1 aliphatic carbocycles. The minimum absolute atomic E-state index is 0.142. The van der Waals surface area contributed by atoms with Gasteiger partial charge in [0.2, 0.25) is 0 Å². The normalized spacial score (nSPS) is 19.7. The molecule has 100 valence electrons. The zero-order valence-corrected chi connectivity index (χ0v) is 12.0. The number of phosphoric acid groups is 1. The molecule has 0 bridgehead atoms. The molecule has 0 N–H and O–H groups in total. The predicted octanol–water partition coefficient (Wildman–Crippen LogP) is 4.96. The first-order valence-corrected chi connectivity index (χ1v) is 7.80. The molecule has 4 nitrogen and oxygen atoms in total. The molecule has 2 rings (SSSR count). The fraction of sp³-hybridized carbons (Fsp3) is 0.455. The average Bonchev–Trinajstić information content (AvgIpc) is 2.85. The Morgan fingerprint density at radius 1 is 1.22 bits per heavy atom. The van der Waals surface area contributed by atoms with E-state index in [0.29, 0.717) is 5.02 Å². The summed E-state index contributed by atoms with van der Waals surface area (Å²) in [5, 5.41) is 0.321. The third-order valence-corrected chi connectivity index (χ3v) is 4.68. The first kappa shape index (κ1) is 14.2. The molecule has 0 saturated heterocycles. The number of hydrogen-bond acceptors (Lipinski definition) is 4. The van der Waals surface area contributed by atoms with Crippen LogP contribution in [0.2, 0.25) is 5.02 Å². The molecule has 0 amide bonds. The zero-order valence-electron chi connectivity index (χ0n) is 9.55. The van der Waals surface area contributed by atoms with Crippen LogP contribution in [0.15, 0.2) is 24.3 Å². The van der Waals surface area contributed by atoms with Crippen LogP contribution in [0.4, 0.5) is 0 Å². The van der Waals surface area contributed by atoms with Gasteiger partial charge in [-0.3, -0.25) is 4.52 Å². The number of rotatable bonds is 5. The number of benzene rings is 1. The van der Waals surface area contributed by atoms with Crippen LogP contribution in [-0.2, 0) is 13.2 Å². The van der Waals surface area contributed by atoms with Gasteiger partial charge in [-0.1, -0.05) is 36.6 Å². The highest BCUT2D eigenvalue weighted by atomic mass is 35.5. The highest BCUT2D eigenvalue weighted by Gasteiger charge is 2.34. The van der Waals surface area contributed by atoms with E-state index >= 15 is 0 Å². The van der Waals surface area contributed by atoms with Crippen molar-refractivity contribution >= 4 is 31.3 Å². The van der Waals surface area contributed by atoms with Crippen LogP contribution in [-0.4, -0.2) is 6.10 Å². The fourth-order valence-corrected chi connectivity index (χ4v) is 3.36. The van der Waals surface area contributed by atoms with Crippen molar-refractivity contribution in [3.8, 4) is 5.75 Å². The van der Waals surface area contributed by atoms with E-state index in [2.05, 4.69) is 4.08 Å². The van der Waals surface area contributed by atoms with Crippen molar-refractivity contribution in [3.05, 3.63) is 29.3 Å². The van der Waals surface area contributed by atoms with Gasteiger partial charge in [0, 0.05) is 0 Å². The minimum Gasteiger partial charge on any atom is -0.402 e. The maximum atomic E-state index is 12.2. The molecule has 1 fully saturated rings. The number of phosphoric ester groups is 1. The van der Waals surface area contributed by atoms with Crippen molar-refractivity contribution in [2.75, 3.05) is 0 Å². The molecule has 0 spiro atoms. The Morgan fingerprint density at radius 2 is 1.89 bits per heavy atom. The number of para-hydroxylation sites is 1. The fourth-order valence-electron chi connectivity index (χ4n) is 1.87. The standard InChI is InChI=1S/C11H13Cl2O4P/c12-10-7-3-4-8-11(10)16-18(14,17-13)15-9-5-1-2-6-9/h3-4,7-9H,1-2,5-6H2. The third-order valence-electron chi connectivity index (χ3n) is 2.71. The molecular weight excluding hydrogens is 298 g/mol. The van der Waals surface area contributed by atoms with E-state index in [4.69, 9.17) is 32.5 Å². The lowest BCUT2D eigenvalue weighted by atomic mass is 10.3. The monoisotopic (exact) mass is 310 g/mol. The molecular formula is C11H13Cl2O4P. The van der Waals surface area contributed by atoms with Crippen LogP contribution in [0.3, 0.4) is 0 Å². The Morgan fingerprint density at radius 3 is 2.50 bits per heavy atom. The summed E-state index contributed by atoms with van der Waals surface area (Å²) in [4.78, 5) is 0. The number of hydrogen-bond donors (Lipinski definition) is 0. The van der Waals surface area contributed by atoms with Crippen molar-refractivity contribution in [2.45, 2.75) is 31.8 Å². The summed E-state index contributed by atoms with van der Waals surface area (Å²) in [7, 11) is -3.82. The van der Waals surface area contributed by atoms with Crippen LogP contribution in [0, 0.1) is 0 Å². The molecule has 1 aromatic carbocycles. The van der Waals surface area contributed by atoms with E-state index in [1.54, 1.807) is 24.3 Å². The summed E-state index contributed by atoms with van der Waals surface area (Å²) in [6.07, 6.45) is 3.60. The topological polar surface area (TPSA) is 44.8 Å². The minimum atomic E-state index is -3.82. The van der Waals surface area contributed by atoms with Gasteiger partial charge in [-0.15, -0.1) is 0 Å². The van der Waals surface area contributed by atoms with Gasteiger partial charge in [0.15, 0.2) is 0 Å². The van der Waals surface area contributed by atoms with E-state index in [1.807, 2.05) is 0 Å². The van der Waals surface area contributed by atoms with Crippen LogP contribution >= 0.6 is 31.3 Å². The van der Waals surface area contributed by atoms with Gasteiger partial charge in [0.25, 0.3) is 0 Å². The van der Waals surface area contributed by atoms with Gasteiger partial charge in [-0.25, -0.2) is 4.57 Å². The van der Waals surface area contributed by atoms with Crippen molar-refractivity contribution in [2.24, 2.45) is 0 Å². The van der Waals surface area contributed by atoms with Crippen molar-refractivity contribution < 1.29 is 17.7 Å². The second kappa shape index (κ2) is 6.27. The molecule has 0 heterocycles. The highest BCUT2D eigenvalue weighted by Crippen LogP contribution is 2.54. The molecule has 0 aliphatic heterocycles. The van der Waals surface area contributed by atoms with E-state index in [-0.39, 0.29) is 11.9 Å². The van der Waals surface area contributed by atoms with Crippen LogP contribution in [0.5, 0.6) is 5.75 Å². The van der Waals surface area contributed by atoms with Crippen molar-refractivity contribution in [1.82, 2.24) is 0 Å². The predicted molar refractivity (Wildman–Crippen MR) is 70.0 cm³/mol. The molecule has 1 saturated carbocycles. The maximum Gasteiger partial charge on any atom is 0.547 e. The molecule has 1 unspecified atom stereocenters. The van der Waals surface area contributed by atoms with Crippen molar-refractivity contribution in [3.63, 3.8) is 0 Å². The van der Waals surface area contributed by atoms with Gasteiger partial charge < -0.3 is 4.52 Å². The summed E-state index contributed by atoms with van der Waals surface area (Å²) in [6.45, 7) is 0. The highest BCUT2D eigenvalue weighted by molar-refractivity contribution is 7.50. The summed E-state index contributed by atoms with van der Waals surface area (Å²) in [5.41, 5.74) is 0. The first-order valence-electron chi connectivity index (χ1n) is 5.66. The van der Waals surface area contributed by atoms with Gasteiger partial charge in [0.05, 0.1) is 23.0 Å². The Labute approximate surface area is 116 Å². The number of halogens is 2. The Hall–Kier alpha value is -0.250. The Bertz CT molecular complexity index is 448. The molecule has 1 atom stereocenters. The quantitative estimate of drug-likeness (QED) is 0.721. The van der Waals surface area contributed by atoms with Gasteiger partial charge >= 0.3 is 7.82 Å². The molecule has 1 aliphatic rings. The van der Waals surface area contributed by atoms with E-state index < -0.39 is 7.82 Å². The maximum absolute atomic E-state index is 12.2. The van der Waals surface area contributed by atoms with E-state index in [9.17, 15) is 4.57 Å². The van der Waals surface area contributed by atoms with Gasteiger partial charge in [-0.05, 0) is 25.0 Å². The summed E-state index contributed by atoms with van der Waals surface area (Å²) < 4.78 is 27.1. The molecule has 18 heavy (non-hydrogen) atoms. The SMILES string of the molecule is O=P(OCl)(Oc1ccccc1Cl)OC1CCCC1. The van der Waals surface area contributed by atoms with Crippen LogP contribution in [0.1, 0.15) is 25.7 Å². The second-order valence-electron chi connectivity index (χ2n) is 4.05. The largest absolute Gasteiger partial charge is 0.547 e. The molecule has 7 heteroatoms. The lowest BCUT2D eigenvalue weighted by Gasteiger charge is -2.19. The summed E-state index contributed by atoms with van der Waals surface area (Å²) in [5.74, 6) is 0.223. The van der Waals surface area contributed by atoms with Crippen molar-refractivity contribution in [1.29, 1.82) is 0 Å². The smallest absolute Gasteiger partial charge is 0.402 e. The van der Waals surface area contributed by atoms with Crippen LogP contribution < -0.4 is 4.52 Å².